The second kappa shape index (κ2) is 4.64. The molecular formula is C12H11MgNO. The van der Waals surface area contributed by atoms with Crippen LogP contribution in [-0.2, 0) is 0 Å². The SMILES string of the molecule is [CH3-].[H-].[Mg+2].c1ccc2c(c1)oc1cccnc12. The number of benzene rings is 1. The molecule has 0 radical (unpaired) electrons. The Balaban J connectivity index is 0.000000750. The van der Waals surface area contributed by atoms with Gasteiger partial charge in [-0.15, -0.1) is 0 Å². The summed E-state index contributed by atoms with van der Waals surface area (Å²) >= 11 is 0. The number of nitrogens with zero attached hydrogens (tertiary/aromatic N) is 1. The van der Waals surface area contributed by atoms with Crippen molar-refractivity contribution in [2.45, 2.75) is 0 Å². The predicted octanol–water partition coefficient (Wildman–Crippen LogP) is 3.16. The molecule has 2 aromatic heterocycles. The van der Waals surface area contributed by atoms with Crippen LogP contribution in [-0.4, -0.2) is 28.0 Å². The first-order valence-electron chi connectivity index (χ1n) is 4.17. The second-order valence-corrected chi connectivity index (χ2v) is 2.95. The van der Waals surface area contributed by atoms with E-state index in [9.17, 15) is 0 Å². The standard InChI is InChI=1S/C11H7NO.CH3.Mg.H/c1-2-5-9-8(4-1)11-10(13-9)6-3-7-12-11;;;/h1-7H;1H3;;/q;-1;+2;-1. The molecule has 0 fully saturated rings. The third-order valence-corrected chi connectivity index (χ3v) is 2.13. The van der Waals surface area contributed by atoms with Crippen LogP contribution in [0.25, 0.3) is 22.1 Å². The molecule has 15 heavy (non-hydrogen) atoms. The molecule has 3 heteroatoms. The largest absolute Gasteiger partial charge is 2.00 e. The number of hydrogen-bond donors (Lipinski definition) is 0. The van der Waals surface area contributed by atoms with Crippen molar-refractivity contribution in [1.82, 2.24) is 4.98 Å². The molecule has 3 aromatic rings. The van der Waals surface area contributed by atoms with Crippen LogP contribution in [0.1, 0.15) is 1.43 Å². The van der Waals surface area contributed by atoms with Gasteiger partial charge in [-0.1, -0.05) is 12.1 Å². The summed E-state index contributed by atoms with van der Waals surface area (Å²) in [6, 6.07) is 11.7. The van der Waals surface area contributed by atoms with E-state index < -0.39 is 0 Å². The van der Waals surface area contributed by atoms with Crippen molar-refractivity contribution in [3.63, 3.8) is 0 Å². The number of fused-ring (bicyclic) bond motifs is 3. The summed E-state index contributed by atoms with van der Waals surface area (Å²) in [5, 5.41) is 1.08. The van der Waals surface area contributed by atoms with Gasteiger partial charge in [-0.2, -0.15) is 0 Å². The molecule has 0 saturated carbocycles. The van der Waals surface area contributed by atoms with Gasteiger partial charge in [0, 0.05) is 11.6 Å². The van der Waals surface area contributed by atoms with Gasteiger partial charge in [0.2, 0.25) is 0 Å². The summed E-state index contributed by atoms with van der Waals surface area (Å²) in [6.07, 6.45) is 1.78. The van der Waals surface area contributed by atoms with Gasteiger partial charge < -0.3 is 13.3 Å². The Bertz CT molecular complexity index is 529. The molecule has 72 valence electrons. The van der Waals surface area contributed by atoms with E-state index in [0.717, 1.165) is 22.1 Å². The van der Waals surface area contributed by atoms with E-state index in [1.54, 1.807) is 6.20 Å². The van der Waals surface area contributed by atoms with Crippen molar-refractivity contribution in [3.05, 3.63) is 50.0 Å². The Labute approximate surface area is 106 Å². The zero-order valence-corrected chi connectivity index (χ0v) is 10.0. The topological polar surface area (TPSA) is 26.0 Å². The number of furan rings is 1. The van der Waals surface area contributed by atoms with E-state index >= 15 is 0 Å². The molecule has 0 bridgehead atoms. The number of rotatable bonds is 0. The molecule has 0 spiro atoms. The van der Waals surface area contributed by atoms with Gasteiger partial charge in [0.1, 0.15) is 11.1 Å². The van der Waals surface area contributed by atoms with Crippen LogP contribution in [0.15, 0.2) is 47.0 Å². The molecule has 2 heterocycles. The number of aromatic nitrogens is 1. The maximum atomic E-state index is 5.59. The first-order valence-corrected chi connectivity index (χ1v) is 4.17. The van der Waals surface area contributed by atoms with E-state index in [1.165, 1.54) is 0 Å². The Morgan fingerprint density at radius 1 is 1.00 bits per heavy atom. The van der Waals surface area contributed by atoms with E-state index in [2.05, 4.69) is 4.98 Å². The molecule has 0 unspecified atom stereocenters. The first kappa shape index (κ1) is 12.0. The molecule has 1 aromatic carbocycles. The molecule has 0 aliphatic heterocycles. The minimum Gasteiger partial charge on any atom is -1.00 e. The fourth-order valence-electron chi connectivity index (χ4n) is 1.54. The molecule has 0 atom stereocenters. The van der Waals surface area contributed by atoms with Gasteiger partial charge in [0.15, 0.2) is 5.58 Å². The molecule has 0 N–H and O–H groups in total. The van der Waals surface area contributed by atoms with Gasteiger partial charge in [-0.3, -0.25) is 4.98 Å². The average molecular weight is 210 g/mol. The summed E-state index contributed by atoms with van der Waals surface area (Å²) < 4.78 is 5.59. The number of pyridine rings is 1. The smallest absolute Gasteiger partial charge is 1.00 e. The minimum absolute atomic E-state index is 0. The third kappa shape index (κ3) is 1.85. The van der Waals surface area contributed by atoms with Crippen molar-refractivity contribution in [3.8, 4) is 0 Å². The maximum absolute atomic E-state index is 5.59. The minimum atomic E-state index is 0. The summed E-state index contributed by atoms with van der Waals surface area (Å²) in [5.41, 5.74) is 2.69. The van der Waals surface area contributed by atoms with Crippen molar-refractivity contribution in [2.75, 3.05) is 0 Å². The summed E-state index contributed by atoms with van der Waals surface area (Å²) in [5.74, 6) is 0. The molecular weight excluding hydrogens is 198 g/mol. The summed E-state index contributed by atoms with van der Waals surface area (Å²) in [6.45, 7) is 0. The number of hydrogen-bond acceptors (Lipinski definition) is 2. The Morgan fingerprint density at radius 2 is 1.73 bits per heavy atom. The second-order valence-electron chi connectivity index (χ2n) is 2.95. The average Bonchev–Trinajstić information content (AvgIpc) is 2.56. The molecule has 3 rings (SSSR count). The molecule has 0 aliphatic carbocycles. The van der Waals surface area contributed by atoms with Gasteiger partial charge in [-0.25, -0.2) is 0 Å². The summed E-state index contributed by atoms with van der Waals surface area (Å²) in [4.78, 5) is 4.28. The van der Waals surface area contributed by atoms with E-state index in [4.69, 9.17) is 4.42 Å². The van der Waals surface area contributed by atoms with Crippen molar-refractivity contribution in [2.24, 2.45) is 0 Å². The van der Waals surface area contributed by atoms with Gasteiger partial charge >= 0.3 is 23.1 Å². The van der Waals surface area contributed by atoms with Crippen LogP contribution >= 0.6 is 0 Å². The Morgan fingerprint density at radius 3 is 2.60 bits per heavy atom. The predicted molar refractivity (Wildman–Crippen MR) is 64.8 cm³/mol. The van der Waals surface area contributed by atoms with Gasteiger partial charge in [-0.05, 0) is 24.3 Å². The zero-order valence-electron chi connectivity index (χ0n) is 9.60. The van der Waals surface area contributed by atoms with E-state index in [1.807, 2.05) is 36.4 Å². The third-order valence-electron chi connectivity index (χ3n) is 2.13. The van der Waals surface area contributed by atoms with Gasteiger partial charge in [0.05, 0.1) is 0 Å². The molecule has 0 saturated heterocycles. The van der Waals surface area contributed by atoms with Crippen molar-refractivity contribution in [1.29, 1.82) is 0 Å². The van der Waals surface area contributed by atoms with Crippen LogP contribution < -0.4 is 0 Å². The molecule has 0 amide bonds. The molecule has 0 aliphatic rings. The van der Waals surface area contributed by atoms with E-state index in [-0.39, 0.29) is 31.9 Å². The Kier molecular flexibility index (Phi) is 3.71. The van der Waals surface area contributed by atoms with Crippen LogP contribution in [0.3, 0.4) is 0 Å². The number of para-hydroxylation sites is 1. The molecule has 2 nitrogen and oxygen atoms in total. The van der Waals surface area contributed by atoms with Crippen LogP contribution in [0, 0.1) is 7.43 Å². The zero-order chi connectivity index (χ0) is 8.67. The normalized spacial score (nSPS) is 9.60. The summed E-state index contributed by atoms with van der Waals surface area (Å²) in [7, 11) is 0. The fourth-order valence-corrected chi connectivity index (χ4v) is 1.54. The fraction of sp³-hybridized carbons (Fsp3) is 0. The van der Waals surface area contributed by atoms with Gasteiger partial charge in [0.25, 0.3) is 0 Å². The van der Waals surface area contributed by atoms with Crippen LogP contribution in [0.5, 0.6) is 0 Å². The van der Waals surface area contributed by atoms with Crippen LogP contribution in [0.2, 0.25) is 0 Å². The van der Waals surface area contributed by atoms with E-state index in [0.29, 0.717) is 0 Å². The van der Waals surface area contributed by atoms with Crippen molar-refractivity contribution >= 4 is 45.1 Å². The maximum Gasteiger partial charge on any atom is 2.00 e. The van der Waals surface area contributed by atoms with Crippen LogP contribution in [0.4, 0.5) is 0 Å². The first-order chi connectivity index (χ1) is 6.45. The Hall–Kier alpha value is -1.06. The monoisotopic (exact) mass is 209 g/mol. The van der Waals surface area contributed by atoms with Crippen molar-refractivity contribution < 1.29 is 5.84 Å². The quantitative estimate of drug-likeness (QED) is 0.420.